The van der Waals surface area contributed by atoms with E-state index < -0.39 is 17.1 Å². The SMILES string of the molecule is Cc1ccc(N2C(=O)C3Sc4[nH]c(=O)sc4[C@H](c4cccc(Cl)c4Cl)C3C2=O)cc1. The van der Waals surface area contributed by atoms with Gasteiger partial charge in [0.15, 0.2) is 0 Å². The summed E-state index contributed by atoms with van der Waals surface area (Å²) in [6.45, 7) is 1.94. The van der Waals surface area contributed by atoms with Crippen molar-refractivity contribution in [3.05, 3.63) is 78.2 Å². The summed E-state index contributed by atoms with van der Waals surface area (Å²) >= 11 is 15.0. The molecule has 0 spiro atoms. The molecule has 152 valence electrons. The third-order valence-corrected chi connectivity index (χ3v) is 8.67. The summed E-state index contributed by atoms with van der Waals surface area (Å²) < 4.78 is 0. The average Bonchev–Trinajstić information content (AvgIpc) is 3.20. The summed E-state index contributed by atoms with van der Waals surface area (Å²) in [5, 5.41) is 0.645. The number of aryl methyl sites for hydroxylation is 1. The van der Waals surface area contributed by atoms with E-state index in [1.807, 2.05) is 19.1 Å². The number of nitrogens with zero attached hydrogens (tertiary/aromatic N) is 1. The van der Waals surface area contributed by atoms with Gasteiger partial charge >= 0.3 is 4.87 Å². The number of imide groups is 1. The van der Waals surface area contributed by atoms with Gasteiger partial charge in [0.05, 0.1) is 26.7 Å². The monoisotopic (exact) mass is 476 g/mol. The number of rotatable bonds is 2. The smallest absolute Gasteiger partial charge is 0.305 e. The number of carbonyl (C=O) groups is 2. The predicted molar refractivity (Wildman–Crippen MR) is 120 cm³/mol. The van der Waals surface area contributed by atoms with Crippen LogP contribution in [0.2, 0.25) is 10.0 Å². The molecule has 1 N–H and O–H groups in total. The summed E-state index contributed by atoms with van der Waals surface area (Å²) in [7, 11) is 0. The maximum atomic E-state index is 13.6. The topological polar surface area (TPSA) is 70.2 Å². The van der Waals surface area contributed by atoms with Crippen molar-refractivity contribution in [3.63, 3.8) is 0 Å². The van der Waals surface area contributed by atoms with Crippen molar-refractivity contribution in [1.82, 2.24) is 4.98 Å². The molecule has 2 unspecified atom stereocenters. The normalized spacial score (nSPS) is 22.9. The van der Waals surface area contributed by atoms with Crippen molar-refractivity contribution in [2.75, 3.05) is 4.90 Å². The molecule has 2 aliphatic heterocycles. The highest BCUT2D eigenvalue weighted by Gasteiger charge is 2.56. The molecule has 2 aliphatic rings. The first-order chi connectivity index (χ1) is 14.4. The van der Waals surface area contributed by atoms with E-state index in [2.05, 4.69) is 4.98 Å². The van der Waals surface area contributed by atoms with Crippen LogP contribution in [0, 0.1) is 12.8 Å². The fourth-order valence-corrected chi connectivity index (χ4v) is 6.99. The fourth-order valence-electron chi connectivity index (χ4n) is 4.06. The number of H-pyrrole nitrogens is 1. The van der Waals surface area contributed by atoms with Gasteiger partial charge in [-0.05, 0) is 30.7 Å². The Kier molecular flexibility index (Phi) is 4.82. The molecule has 3 atom stereocenters. The van der Waals surface area contributed by atoms with Gasteiger partial charge in [0.2, 0.25) is 11.8 Å². The van der Waals surface area contributed by atoms with Crippen molar-refractivity contribution in [2.24, 2.45) is 5.92 Å². The molecule has 2 amide bonds. The maximum absolute atomic E-state index is 13.6. The first kappa shape index (κ1) is 19.9. The van der Waals surface area contributed by atoms with Gasteiger partial charge in [0, 0.05) is 10.8 Å². The van der Waals surface area contributed by atoms with E-state index in [0.717, 1.165) is 16.9 Å². The summed E-state index contributed by atoms with van der Waals surface area (Å²) in [5.74, 6) is -1.80. The van der Waals surface area contributed by atoms with Gasteiger partial charge in [-0.25, -0.2) is 4.90 Å². The minimum absolute atomic E-state index is 0.231. The number of anilines is 1. The predicted octanol–water partition coefficient (Wildman–Crippen LogP) is 4.85. The van der Waals surface area contributed by atoms with Crippen LogP contribution in [0.4, 0.5) is 5.69 Å². The van der Waals surface area contributed by atoms with Gasteiger partial charge in [-0.2, -0.15) is 0 Å². The van der Waals surface area contributed by atoms with Crippen LogP contribution in [0.1, 0.15) is 21.9 Å². The van der Waals surface area contributed by atoms with Gasteiger partial charge in [-0.3, -0.25) is 14.4 Å². The van der Waals surface area contributed by atoms with Crippen LogP contribution >= 0.6 is 46.3 Å². The lowest BCUT2D eigenvalue weighted by Gasteiger charge is -2.30. The number of fused-ring (bicyclic) bond motifs is 2. The molecule has 1 aromatic heterocycles. The van der Waals surface area contributed by atoms with Crippen molar-refractivity contribution < 1.29 is 9.59 Å². The second kappa shape index (κ2) is 7.27. The van der Waals surface area contributed by atoms with Gasteiger partial charge in [0.1, 0.15) is 5.25 Å². The Balaban J connectivity index is 1.68. The minimum atomic E-state index is -0.682. The average molecular weight is 477 g/mol. The van der Waals surface area contributed by atoms with Crippen molar-refractivity contribution >= 4 is 63.8 Å². The first-order valence-corrected chi connectivity index (χ1v) is 11.6. The number of amides is 2. The first-order valence-electron chi connectivity index (χ1n) is 9.15. The number of benzene rings is 2. The summed E-state index contributed by atoms with van der Waals surface area (Å²) in [5.41, 5.74) is 2.22. The summed E-state index contributed by atoms with van der Waals surface area (Å²) in [6, 6.07) is 12.5. The molecular weight excluding hydrogens is 463 g/mol. The second-order valence-electron chi connectivity index (χ2n) is 7.24. The Bertz CT molecular complexity index is 1250. The lowest BCUT2D eigenvalue weighted by Crippen LogP contribution is -2.32. The molecule has 5 nitrogen and oxygen atoms in total. The number of aromatic nitrogens is 1. The third-order valence-electron chi connectivity index (χ3n) is 5.43. The van der Waals surface area contributed by atoms with E-state index in [9.17, 15) is 14.4 Å². The van der Waals surface area contributed by atoms with E-state index in [4.69, 9.17) is 23.2 Å². The number of thiazole rings is 1. The molecule has 3 aromatic rings. The zero-order valence-electron chi connectivity index (χ0n) is 15.5. The molecule has 1 fully saturated rings. The number of hydrogen-bond donors (Lipinski definition) is 1. The molecule has 0 bridgehead atoms. The van der Waals surface area contributed by atoms with Crippen molar-refractivity contribution in [3.8, 4) is 0 Å². The third kappa shape index (κ3) is 2.95. The summed E-state index contributed by atoms with van der Waals surface area (Å²) in [6.07, 6.45) is 0. The van der Waals surface area contributed by atoms with Crippen molar-refractivity contribution in [1.29, 1.82) is 0 Å². The zero-order chi connectivity index (χ0) is 21.2. The molecule has 2 aromatic carbocycles. The van der Waals surface area contributed by atoms with Gasteiger partial charge < -0.3 is 4.98 Å². The largest absolute Gasteiger partial charge is 0.307 e. The molecule has 5 rings (SSSR count). The quantitative estimate of drug-likeness (QED) is 0.536. The highest BCUT2D eigenvalue weighted by atomic mass is 35.5. The van der Waals surface area contributed by atoms with E-state index in [1.54, 1.807) is 30.3 Å². The molecule has 3 heterocycles. The highest BCUT2D eigenvalue weighted by molar-refractivity contribution is 8.00. The lowest BCUT2D eigenvalue weighted by molar-refractivity contribution is -0.122. The fraction of sp³-hybridized carbons (Fsp3) is 0.190. The van der Waals surface area contributed by atoms with Crippen LogP contribution < -0.4 is 9.77 Å². The number of hydrogen-bond acceptors (Lipinski definition) is 5. The van der Waals surface area contributed by atoms with Crippen LogP contribution in [-0.2, 0) is 9.59 Å². The zero-order valence-corrected chi connectivity index (χ0v) is 18.7. The van der Waals surface area contributed by atoms with E-state index in [0.29, 0.717) is 31.2 Å². The Morgan fingerprint density at radius 3 is 2.47 bits per heavy atom. The number of thioether (sulfide) groups is 1. The van der Waals surface area contributed by atoms with Gasteiger partial charge in [-0.15, -0.1) is 0 Å². The summed E-state index contributed by atoms with van der Waals surface area (Å²) in [4.78, 5) is 43.5. The standard InChI is InChI=1S/C21H14Cl2N2O3S2/c1-9-5-7-10(8-6-9)25-19(26)14-13(11-3-2-4-12(22)15(11)23)16-18(24-21(28)30-16)29-17(14)20(25)27/h2-8,13-14,17H,1H3,(H,24,28)/t13-,14?,17?/m1/s1. The highest BCUT2D eigenvalue weighted by Crippen LogP contribution is 2.54. The van der Waals surface area contributed by atoms with Crippen LogP contribution in [0.5, 0.6) is 0 Å². The molecular formula is C21H14Cl2N2O3S2. The maximum Gasteiger partial charge on any atom is 0.305 e. The number of halogens is 2. The molecule has 1 saturated heterocycles. The molecule has 9 heteroatoms. The van der Waals surface area contributed by atoms with Crippen LogP contribution in [-0.4, -0.2) is 22.0 Å². The Labute approximate surface area is 190 Å². The Morgan fingerprint density at radius 2 is 1.73 bits per heavy atom. The van der Waals surface area contributed by atoms with Gasteiger partial charge in [0.25, 0.3) is 0 Å². The minimum Gasteiger partial charge on any atom is -0.307 e. The Morgan fingerprint density at radius 1 is 1.00 bits per heavy atom. The van der Waals surface area contributed by atoms with Crippen LogP contribution in [0.25, 0.3) is 0 Å². The van der Waals surface area contributed by atoms with E-state index in [1.165, 1.54) is 16.7 Å². The molecule has 0 saturated carbocycles. The van der Waals surface area contributed by atoms with E-state index >= 15 is 0 Å². The second-order valence-corrected chi connectivity index (χ2v) is 10.2. The number of aromatic amines is 1. The Hall–Kier alpha value is -2.06. The van der Waals surface area contributed by atoms with E-state index in [-0.39, 0.29) is 16.7 Å². The molecule has 30 heavy (non-hydrogen) atoms. The van der Waals surface area contributed by atoms with Crippen LogP contribution in [0.15, 0.2) is 52.3 Å². The van der Waals surface area contributed by atoms with Crippen molar-refractivity contribution in [2.45, 2.75) is 23.1 Å². The molecule has 0 aliphatic carbocycles. The van der Waals surface area contributed by atoms with Crippen LogP contribution in [0.3, 0.4) is 0 Å². The molecule has 0 radical (unpaired) electrons. The number of carbonyl (C=O) groups excluding carboxylic acids is 2. The lowest BCUT2D eigenvalue weighted by atomic mass is 9.83. The van der Waals surface area contributed by atoms with Gasteiger partial charge in [-0.1, -0.05) is 76.1 Å². The number of nitrogens with one attached hydrogen (secondary N) is 1.